The molecule has 5 heteroatoms. The zero-order chi connectivity index (χ0) is 20.9. The molecule has 0 aliphatic carbocycles. The normalized spacial score (nSPS) is 14.7. The molecule has 0 aromatic heterocycles. The fraction of sp³-hybridized carbons (Fsp3) is 0.280. The topological polar surface area (TPSA) is 70.2 Å². The van der Waals surface area contributed by atoms with E-state index in [-0.39, 0.29) is 23.9 Å². The molecule has 3 aromatic carbocycles. The fourth-order valence-electron chi connectivity index (χ4n) is 3.88. The fourth-order valence-corrected chi connectivity index (χ4v) is 3.88. The first kappa shape index (κ1) is 20.1. The lowest BCUT2D eigenvalue weighted by Gasteiger charge is -2.28. The van der Waals surface area contributed by atoms with Crippen LogP contribution >= 0.6 is 0 Å². The van der Waals surface area contributed by atoms with E-state index < -0.39 is 0 Å². The van der Waals surface area contributed by atoms with Gasteiger partial charge in [0, 0.05) is 25.1 Å². The Balaban J connectivity index is 1.44. The molecule has 1 saturated heterocycles. The maximum absolute atomic E-state index is 13.0. The largest absolute Gasteiger partial charge is 0.351 e. The van der Waals surface area contributed by atoms with E-state index in [0.29, 0.717) is 18.4 Å². The van der Waals surface area contributed by atoms with Crippen LogP contribution in [0.15, 0.2) is 66.7 Å². The Bertz CT molecular complexity index is 1050. The number of rotatable bonds is 7. The third kappa shape index (κ3) is 4.52. The molecule has 3 N–H and O–H groups in total. The van der Waals surface area contributed by atoms with E-state index in [1.54, 1.807) is 0 Å². The number of benzene rings is 3. The molecular formula is C25H27N3O2. The molecule has 1 heterocycles. The van der Waals surface area contributed by atoms with Gasteiger partial charge in [-0.3, -0.25) is 9.59 Å². The zero-order valence-electron chi connectivity index (χ0n) is 17.2. The maximum atomic E-state index is 13.0. The van der Waals surface area contributed by atoms with E-state index in [4.69, 9.17) is 0 Å². The van der Waals surface area contributed by atoms with Gasteiger partial charge in [0.1, 0.15) is 0 Å². The van der Waals surface area contributed by atoms with E-state index in [9.17, 15) is 9.59 Å². The maximum Gasteiger partial charge on any atom is 0.252 e. The first-order chi connectivity index (χ1) is 14.6. The van der Waals surface area contributed by atoms with Gasteiger partial charge in [-0.1, -0.05) is 60.7 Å². The van der Waals surface area contributed by atoms with Crippen LogP contribution in [0.1, 0.15) is 40.9 Å². The molecule has 3 aromatic rings. The van der Waals surface area contributed by atoms with Gasteiger partial charge in [-0.25, -0.2) is 0 Å². The minimum Gasteiger partial charge on any atom is -0.351 e. The zero-order valence-corrected chi connectivity index (χ0v) is 17.2. The van der Waals surface area contributed by atoms with Gasteiger partial charge >= 0.3 is 0 Å². The average molecular weight is 402 g/mol. The van der Waals surface area contributed by atoms with Gasteiger partial charge < -0.3 is 16.0 Å². The van der Waals surface area contributed by atoms with Crippen molar-refractivity contribution in [3.05, 3.63) is 83.4 Å². The third-order valence-corrected chi connectivity index (χ3v) is 5.67. The predicted molar refractivity (Wildman–Crippen MR) is 119 cm³/mol. The van der Waals surface area contributed by atoms with E-state index in [2.05, 4.69) is 40.2 Å². The molecule has 154 valence electrons. The molecule has 0 spiro atoms. The molecule has 2 amide bonds. The number of fused-ring (bicyclic) bond motifs is 1. The minimum atomic E-state index is -0.133. The molecule has 1 atom stereocenters. The van der Waals surface area contributed by atoms with Crippen molar-refractivity contribution >= 4 is 22.6 Å². The Kier molecular flexibility index (Phi) is 6.10. The molecule has 0 saturated carbocycles. The molecule has 0 bridgehead atoms. The van der Waals surface area contributed by atoms with E-state index in [1.165, 1.54) is 0 Å². The molecule has 1 fully saturated rings. The second kappa shape index (κ2) is 9.09. The second-order valence-electron chi connectivity index (χ2n) is 7.84. The Hall–Kier alpha value is -3.18. The van der Waals surface area contributed by atoms with Crippen LogP contribution in [0.5, 0.6) is 0 Å². The summed E-state index contributed by atoms with van der Waals surface area (Å²) in [6.07, 6.45) is 0.915. The van der Waals surface area contributed by atoms with Crippen LogP contribution in [0.4, 0.5) is 0 Å². The number of carbonyl (C=O) groups excluding carboxylic acids is 2. The van der Waals surface area contributed by atoms with Gasteiger partial charge in [-0.15, -0.1) is 0 Å². The van der Waals surface area contributed by atoms with Gasteiger partial charge in [0.2, 0.25) is 5.91 Å². The summed E-state index contributed by atoms with van der Waals surface area (Å²) in [5.74, 6) is -0.0875. The third-order valence-electron chi connectivity index (χ3n) is 5.67. The summed E-state index contributed by atoms with van der Waals surface area (Å²) in [6.45, 7) is 3.66. The van der Waals surface area contributed by atoms with Gasteiger partial charge in [-0.2, -0.15) is 0 Å². The van der Waals surface area contributed by atoms with Crippen LogP contribution in [0.2, 0.25) is 0 Å². The van der Waals surface area contributed by atoms with E-state index in [1.807, 2.05) is 49.4 Å². The molecule has 1 aliphatic rings. The first-order valence-corrected chi connectivity index (χ1v) is 10.5. The van der Waals surface area contributed by atoms with Crippen molar-refractivity contribution in [3.8, 4) is 0 Å². The van der Waals surface area contributed by atoms with Crippen LogP contribution in [0, 0.1) is 0 Å². The monoisotopic (exact) mass is 401 g/mol. The highest BCUT2D eigenvalue weighted by Crippen LogP contribution is 2.24. The summed E-state index contributed by atoms with van der Waals surface area (Å²) < 4.78 is 0. The van der Waals surface area contributed by atoms with Gasteiger partial charge in [0.25, 0.3) is 5.91 Å². The van der Waals surface area contributed by atoms with Crippen molar-refractivity contribution in [2.75, 3.05) is 13.1 Å². The second-order valence-corrected chi connectivity index (χ2v) is 7.84. The Morgan fingerprint density at radius 3 is 2.53 bits per heavy atom. The minimum absolute atomic E-state index is 0.0286. The molecule has 4 rings (SSSR count). The van der Waals surface area contributed by atoms with Crippen molar-refractivity contribution in [2.24, 2.45) is 0 Å². The Morgan fingerprint density at radius 1 is 1.00 bits per heavy atom. The highest BCUT2D eigenvalue weighted by molar-refractivity contribution is 5.96. The average Bonchev–Trinajstić information content (AvgIpc) is 2.74. The lowest BCUT2D eigenvalue weighted by atomic mass is 9.98. The quantitative estimate of drug-likeness (QED) is 0.569. The number of hydrogen-bond donors (Lipinski definition) is 3. The van der Waals surface area contributed by atoms with Crippen LogP contribution in [-0.2, 0) is 11.2 Å². The number of hydrogen-bond acceptors (Lipinski definition) is 3. The summed E-state index contributed by atoms with van der Waals surface area (Å²) in [7, 11) is 0. The van der Waals surface area contributed by atoms with Crippen molar-refractivity contribution in [3.63, 3.8) is 0 Å². The molecule has 0 unspecified atom stereocenters. The lowest BCUT2D eigenvalue weighted by molar-refractivity contribution is -0.122. The van der Waals surface area contributed by atoms with Crippen molar-refractivity contribution in [1.82, 2.24) is 16.0 Å². The summed E-state index contributed by atoms with van der Waals surface area (Å²) in [5, 5.41) is 11.6. The predicted octanol–water partition coefficient (Wildman–Crippen LogP) is 3.35. The van der Waals surface area contributed by atoms with Gasteiger partial charge in [0.15, 0.2) is 0 Å². The highest BCUT2D eigenvalue weighted by Gasteiger charge is 2.20. The Labute approximate surface area is 176 Å². The standard InChI is InChI=1S/C25H27N3O2/c1-17(21-12-6-9-18-7-2-4-10-22(18)21)27-25(30)23-11-5-3-8-19(23)13-14-24(29)28-20-15-26-16-20/h2-12,17,20,26H,13-16H2,1H3,(H,27,30)(H,28,29)/t17-/m1/s1. The van der Waals surface area contributed by atoms with Crippen LogP contribution in [0.3, 0.4) is 0 Å². The Morgan fingerprint density at radius 2 is 1.73 bits per heavy atom. The van der Waals surface area contributed by atoms with Crippen molar-refractivity contribution in [2.45, 2.75) is 31.8 Å². The van der Waals surface area contributed by atoms with Crippen LogP contribution in [0.25, 0.3) is 10.8 Å². The number of carbonyl (C=O) groups is 2. The molecule has 30 heavy (non-hydrogen) atoms. The van der Waals surface area contributed by atoms with Crippen LogP contribution < -0.4 is 16.0 Å². The summed E-state index contributed by atoms with van der Waals surface area (Å²) in [4.78, 5) is 25.2. The number of amides is 2. The summed E-state index contributed by atoms with van der Waals surface area (Å²) in [5.41, 5.74) is 2.61. The van der Waals surface area contributed by atoms with Crippen molar-refractivity contribution < 1.29 is 9.59 Å². The number of aryl methyl sites for hydroxylation is 1. The van der Waals surface area contributed by atoms with E-state index in [0.717, 1.165) is 35.0 Å². The molecular weight excluding hydrogens is 374 g/mol. The van der Waals surface area contributed by atoms with Gasteiger partial charge in [-0.05, 0) is 41.3 Å². The lowest BCUT2D eigenvalue weighted by Crippen LogP contribution is -2.56. The molecule has 1 aliphatic heterocycles. The molecule has 0 radical (unpaired) electrons. The molecule has 5 nitrogen and oxygen atoms in total. The highest BCUT2D eigenvalue weighted by atomic mass is 16.2. The number of nitrogens with one attached hydrogen (secondary N) is 3. The van der Waals surface area contributed by atoms with Crippen LogP contribution in [-0.4, -0.2) is 30.9 Å². The first-order valence-electron chi connectivity index (χ1n) is 10.5. The SMILES string of the molecule is C[C@@H](NC(=O)c1ccccc1CCC(=O)NC1CNC1)c1cccc2ccccc12. The van der Waals surface area contributed by atoms with Gasteiger partial charge in [0.05, 0.1) is 12.1 Å². The van der Waals surface area contributed by atoms with E-state index >= 15 is 0 Å². The summed E-state index contributed by atoms with van der Waals surface area (Å²) in [6, 6.07) is 22.0. The smallest absolute Gasteiger partial charge is 0.252 e. The van der Waals surface area contributed by atoms with Crippen molar-refractivity contribution in [1.29, 1.82) is 0 Å². The summed E-state index contributed by atoms with van der Waals surface area (Å²) >= 11 is 0.